The van der Waals surface area contributed by atoms with Gasteiger partial charge < -0.3 is 10.3 Å². The fraction of sp³-hybridized carbons (Fsp3) is 0.158. The van der Waals surface area contributed by atoms with Crippen molar-refractivity contribution in [1.82, 2.24) is 9.97 Å². The predicted molar refractivity (Wildman–Crippen MR) is 90.4 cm³/mol. The molecule has 5 heteroatoms. The van der Waals surface area contributed by atoms with Crippen LogP contribution < -0.4 is 5.32 Å². The summed E-state index contributed by atoms with van der Waals surface area (Å²) in [6.45, 7) is 0. The monoisotopic (exact) mass is 321 g/mol. The molecular weight excluding hydrogens is 305 g/mol. The quantitative estimate of drug-likeness (QED) is 0.750. The Balaban J connectivity index is 1.76. The minimum atomic E-state index is -0.453. The lowest BCUT2D eigenvalue weighted by atomic mass is 10.0. The van der Waals surface area contributed by atoms with Gasteiger partial charge in [0.1, 0.15) is 5.82 Å². The molecule has 0 saturated heterocycles. The SMILES string of the molecule is O=C(Nc1ccccc1F)c1c[nH]c2c1-c1ncccc1CCC2. The minimum absolute atomic E-state index is 0.173. The standard InChI is InChI=1S/C19H16FN3O/c20-14-7-1-2-8-15(14)23-19(24)13-11-22-16-9-3-5-12-6-4-10-21-18(12)17(13)16/h1-2,4,6-8,10-11,22H,3,5,9H2,(H,23,24). The first-order valence-electron chi connectivity index (χ1n) is 7.94. The van der Waals surface area contributed by atoms with E-state index in [4.69, 9.17) is 0 Å². The van der Waals surface area contributed by atoms with E-state index in [1.54, 1.807) is 30.6 Å². The maximum Gasteiger partial charge on any atom is 0.257 e. The number of aromatic nitrogens is 2. The number of rotatable bonds is 2. The van der Waals surface area contributed by atoms with Crippen molar-refractivity contribution in [2.24, 2.45) is 0 Å². The van der Waals surface area contributed by atoms with Gasteiger partial charge in [0.2, 0.25) is 0 Å². The number of para-hydroxylation sites is 1. The van der Waals surface area contributed by atoms with Gasteiger partial charge in [-0.15, -0.1) is 0 Å². The van der Waals surface area contributed by atoms with Crippen LogP contribution in [0.1, 0.15) is 28.0 Å². The number of hydrogen-bond acceptors (Lipinski definition) is 2. The second kappa shape index (κ2) is 5.92. The number of benzene rings is 1. The van der Waals surface area contributed by atoms with Gasteiger partial charge in [-0.05, 0) is 43.0 Å². The molecule has 1 amide bonds. The summed E-state index contributed by atoms with van der Waals surface area (Å²) in [7, 11) is 0. The number of aromatic amines is 1. The van der Waals surface area contributed by atoms with E-state index in [0.717, 1.165) is 41.8 Å². The largest absolute Gasteiger partial charge is 0.364 e. The van der Waals surface area contributed by atoms with Gasteiger partial charge in [-0.3, -0.25) is 9.78 Å². The first-order chi connectivity index (χ1) is 11.7. The summed E-state index contributed by atoms with van der Waals surface area (Å²) in [5.74, 6) is -0.790. The molecule has 1 aliphatic rings. The third-order valence-corrected chi connectivity index (χ3v) is 4.33. The summed E-state index contributed by atoms with van der Waals surface area (Å²) in [6, 6.07) is 10.1. The van der Waals surface area contributed by atoms with Gasteiger partial charge in [-0.2, -0.15) is 0 Å². The fourth-order valence-corrected chi connectivity index (χ4v) is 3.19. The molecule has 0 atom stereocenters. The number of amides is 1. The summed E-state index contributed by atoms with van der Waals surface area (Å²) < 4.78 is 13.8. The number of fused-ring (bicyclic) bond motifs is 3. The van der Waals surface area contributed by atoms with Crippen LogP contribution in [0.3, 0.4) is 0 Å². The highest BCUT2D eigenvalue weighted by Crippen LogP contribution is 2.33. The number of anilines is 1. The molecule has 0 fully saturated rings. The van der Waals surface area contributed by atoms with Crippen LogP contribution in [0.4, 0.5) is 10.1 Å². The molecule has 2 aromatic heterocycles. The normalized spacial score (nSPS) is 12.9. The van der Waals surface area contributed by atoms with Crippen molar-refractivity contribution in [1.29, 1.82) is 0 Å². The lowest BCUT2D eigenvalue weighted by Crippen LogP contribution is -2.13. The molecule has 0 bridgehead atoms. The number of aryl methyl sites for hydroxylation is 2. The van der Waals surface area contributed by atoms with E-state index in [1.165, 1.54) is 6.07 Å². The minimum Gasteiger partial charge on any atom is -0.364 e. The topological polar surface area (TPSA) is 57.8 Å². The molecule has 4 rings (SSSR count). The second-order valence-corrected chi connectivity index (χ2v) is 5.85. The van der Waals surface area contributed by atoms with E-state index in [9.17, 15) is 9.18 Å². The van der Waals surface area contributed by atoms with Crippen LogP contribution in [0.15, 0.2) is 48.8 Å². The molecule has 2 N–H and O–H groups in total. The Morgan fingerprint density at radius 1 is 1.17 bits per heavy atom. The number of nitrogens with zero attached hydrogens (tertiary/aromatic N) is 1. The van der Waals surface area contributed by atoms with Crippen molar-refractivity contribution >= 4 is 11.6 Å². The van der Waals surface area contributed by atoms with Crippen molar-refractivity contribution in [3.8, 4) is 11.3 Å². The first-order valence-corrected chi connectivity index (χ1v) is 7.94. The zero-order valence-corrected chi connectivity index (χ0v) is 13.0. The molecule has 1 aromatic carbocycles. The molecular formula is C19H16FN3O. The van der Waals surface area contributed by atoms with Gasteiger partial charge in [0.05, 0.1) is 16.9 Å². The molecule has 0 spiro atoms. The molecule has 0 unspecified atom stereocenters. The second-order valence-electron chi connectivity index (χ2n) is 5.85. The summed E-state index contributed by atoms with van der Waals surface area (Å²) in [5, 5.41) is 2.65. The van der Waals surface area contributed by atoms with E-state index >= 15 is 0 Å². The number of hydrogen-bond donors (Lipinski definition) is 2. The Hall–Kier alpha value is -2.95. The van der Waals surface area contributed by atoms with Crippen LogP contribution in [-0.4, -0.2) is 15.9 Å². The Labute approximate surface area is 138 Å². The summed E-state index contributed by atoms with van der Waals surface area (Å²) in [5.41, 5.74) is 4.48. The zero-order chi connectivity index (χ0) is 16.5. The van der Waals surface area contributed by atoms with Gasteiger partial charge in [0.25, 0.3) is 5.91 Å². The van der Waals surface area contributed by atoms with Gasteiger partial charge >= 0.3 is 0 Å². The Morgan fingerprint density at radius 3 is 2.92 bits per heavy atom. The lowest BCUT2D eigenvalue weighted by Gasteiger charge is -2.09. The van der Waals surface area contributed by atoms with Crippen molar-refractivity contribution < 1.29 is 9.18 Å². The Bertz CT molecular complexity index is 916. The van der Waals surface area contributed by atoms with Crippen LogP contribution in [0.2, 0.25) is 0 Å². The predicted octanol–water partition coefficient (Wildman–Crippen LogP) is 3.96. The van der Waals surface area contributed by atoms with Crippen molar-refractivity contribution in [3.63, 3.8) is 0 Å². The van der Waals surface area contributed by atoms with Gasteiger partial charge in [-0.25, -0.2) is 4.39 Å². The third kappa shape index (κ3) is 2.48. The molecule has 3 aromatic rings. The Kier molecular flexibility index (Phi) is 3.61. The summed E-state index contributed by atoms with van der Waals surface area (Å²) >= 11 is 0. The Morgan fingerprint density at radius 2 is 2.04 bits per heavy atom. The van der Waals surface area contributed by atoms with Crippen LogP contribution in [-0.2, 0) is 12.8 Å². The van der Waals surface area contributed by atoms with Gasteiger partial charge in [0.15, 0.2) is 0 Å². The molecule has 24 heavy (non-hydrogen) atoms. The highest BCUT2D eigenvalue weighted by atomic mass is 19.1. The number of pyridine rings is 1. The number of H-pyrrole nitrogens is 1. The van der Waals surface area contributed by atoms with E-state index < -0.39 is 5.82 Å². The molecule has 0 aliphatic heterocycles. The molecule has 0 radical (unpaired) electrons. The molecule has 120 valence electrons. The molecule has 2 heterocycles. The molecule has 4 nitrogen and oxygen atoms in total. The van der Waals surface area contributed by atoms with E-state index in [2.05, 4.69) is 15.3 Å². The lowest BCUT2D eigenvalue weighted by molar-refractivity contribution is 0.102. The van der Waals surface area contributed by atoms with Crippen LogP contribution in [0.5, 0.6) is 0 Å². The number of carbonyl (C=O) groups excluding carboxylic acids is 1. The van der Waals surface area contributed by atoms with Gasteiger partial charge in [-0.1, -0.05) is 18.2 Å². The summed E-state index contributed by atoms with van der Waals surface area (Å²) in [4.78, 5) is 20.4. The zero-order valence-electron chi connectivity index (χ0n) is 13.0. The van der Waals surface area contributed by atoms with E-state index in [-0.39, 0.29) is 11.6 Å². The fourth-order valence-electron chi connectivity index (χ4n) is 3.19. The smallest absolute Gasteiger partial charge is 0.257 e. The number of carbonyl (C=O) groups is 1. The highest BCUT2D eigenvalue weighted by molar-refractivity contribution is 6.09. The number of nitrogens with one attached hydrogen (secondary N) is 2. The molecule has 1 aliphatic carbocycles. The van der Waals surface area contributed by atoms with Crippen molar-refractivity contribution in [3.05, 3.63) is 71.4 Å². The van der Waals surface area contributed by atoms with E-state index in [1.807, 2.05) is 12.1 Å². The van der Waals surface area contributed by atoms with E-state index in [0.29, 0.717) is 5.56 Å². The van der Waals surface area contributed by atoms with Crippen molar-refractivity contribution in [2.75, 3.05) is 5.32 Å². The van der Waals surface area contributed by atoms with Gasteiger partial charge in [0, 0.05) is 23.7 Å². The summed E-state index contributed by atoms with van der Waals surface area (Å²) in [6.07, 6.45) is 6.21. The third-order valence-electron chi connectivity index (χ3n) is 4.33. The van der Waals surface area contributed by atoms with Crippen LogP contribution in [0.25, 0.3) is 11.3 Å². The van der Waals surface area contributed by atoms with Crippen LogP contribution >= 0.6 is 0 Å². The van der Waals surface area contributed by atoms with Crippen molar-refractivity contribution in [2.45, 2.75) is 19.3 Å². The maximum atomic E-state index is 13.8. The number of halogens is 1. The molecule has 0 saturated carbocycles. The maximum absolute atomic E-state index is 13.8. The van der Waals surface area contributed by atoms with Crippen LogP contribution in [0, 0.1) is 5.82 Å². The average Bonchev–Trinajstić information content (AvgIpc) is 2.93. The first kappa shape index (κ1) is 14.6. The highest BCUT2D eigenvalue weighted by Gasteiger charge is 2.24. The average molecular weight is 321 g/mol.